The highest BCUT2D eigenvalue weighted by Gasteiger charge is 2.13. The molecule has 1 aromatic rings. The van der Waals surface area contributed by atoms with Crippen molar-refractivity contribution in [3.63, 3.8) is 0 Å². The molecule has 0 saturated heterocycles. The van der Waals surface area contributed by atoms with Gasteiger partial charge in [-0.05, 0) is 37.5 Å². The minimum absolute atomic E-state index is 0.356. The van der Waals surface area contributed by atoms with Crippen LogP contribution in [0, 0.1) is 0 Å². The van der Waals surface area contributed by atoms with Gasteiger partial charge in [0, 0.05) is 25.4 Å². The molecule has 0 spiro atoms. The van der Waals surface area contributed by atoms with Crippen molar-refractivity contribution in [3.05, 3.63) is 29.8 Å². The van der Waals surface area contributed by atoms with Crippen molar-refractivity contribution in [2.24, 2.45) is 0 Å². The Bertz CT molecular complexity index is 350. The monoisotopic (exact) mass is 265 g/mol. The molecule has 0 saturated carbocycles. The van der Waals surface area contributed by atoms with E-state index in [1.54, 1.807) is 7.11 Å². The summed E-state index contributed by atoms with van der Waals surface area (Å²) in [5, 5.41) is 9.82. The second kappa shape index (κ2) is 8.18. The lowest BCUT2D eigenvalue weighted by molar-refractivity contribution is 0.173. The standard InChI is InChI=1S/C16H27NO2/c1-5-13(3)17(11-12-19-4)15-9-7-14(8-10-15)16(18)6-2/h7-10,13,16,18H,5-6,11-12H2,1-4H3/t13?,16-/m1/s1. The van der Waals surface area contributed by atoms with Crippen molar-refractivity contribution in [1.29, 1.82) is 0 Å². The molecule has 0 aliphatic rings. The summed E-state index contributed by atoms with van der Waals surface area (Å²) in [6.07, 6.45) is 1.49. The van der Waals surface area contributed by atoms with Gasteiger partial charge in [-0.3, -0.25) is 0 Å². The molecule has 3 heteroatoms. The Morgan fingerprint density at radius 3 is 2.26 bits per heavy atom. The summed E-state index contributed by atoms with van der Waals surface area (Å²) in [6.45, 7) is 8.03. The first-order chi connectivity index (χ1) is 9.13. The predicted molar refractivity (Wildman–Crippen MR) is 80.7 cm³/mol. The highest BCUT2D eigenvalue weighted by molar-refractivity contribution is 5.48. The van der Waals surface area contributed by atoms with E-state index in [9.17, 15) is 5.11 Å². The van der Waals surface area contributed by atoms with Crippen LogP contribution in [0.5, 0.6) is 0 Å². The zero-order valence-corrected chi connectivity index (χ0v) is 12.6. The van der Waals surface area contributed by atoms with E-state index < -0.39 is 0 Å². The molecule has 19 heavy (non-hydrogen) atoms. The number of aliphatic hydroxyl groups is 1. The Kier molecular flexibility index (Phi) is 6.89. The van der Waals surface area contributed by atoms with Crippen molar-refractivity contribution in [3.8, 4) is 0 Å². The molecule has 108 valence electrons. The number of ether oxygens (including phenoxy) is 1. The lowest BCUT2D eigenvalue weighted by atomic mass is 10.1. The molecule has 0 aliphatic carbocycles. The Morgan fingerprint density at radius 2 is 1.79 bits per heavy atom. The molecule has 0 bridgehead atoms. The van der Waals surface area contributed by atoms with E-state index in [1.807, 2.05) is 19.1 Å². The Hall–Kier alpha value is -1.06. The third-order valence-electron chi connectivity index (χ3n) is 3.66. The van der Waals surface area contributed by atoms with Gasteiger partial charge >= 0.3 is 0 Å². The maximum atomic E-state index is 9.82. The number of benzene rings is 1. The fraction of sp³-hybridized carbons (Fsp3) is 0.625. The fourth-order valence-corrected chi connectivity index (χ4v) is 2.14. The molecule has 1 rings (SSSR count). The molecule has 1 N–H and O–H groups in total. The molecule has 3 nitrogen and oxygen atoms in total. The summed E-state index contributed by atoms with van der Waals surface area (Å²) >= 11 is 0. The third kappa shape index (κ3) is 4.51. The summed E-state index contributed by atoms with van der Waals surface area (Å²) in [5.41, 5.74) is 2.18. The maximum absolute atomic E-state index is 9.82. The van der Waals surface area contributed by atoms with Gasteiger partial charge in [-0.1, -0.05) is 26.0 Å². The fourth-order valence-electron chi connectivity index (χ4n) is 2.14. The lowest BCUT2D eigenvalue weighted by Gasteiger charge is -2.31. The number of rotatable bonds is 8. The van der Waals surface area contributed by atoms with Crippen molar-refractivity contribution in [1.82, 2.24) is 0 Å². The van der Waals surface area contributed by atoms with Crippen molar-refractivity contribution in [2.45, 2.75) is 45.8 Å². The quantitative estimate of drug-likeness (QED) is 0.782. The molecule has 0 radical (unpaired) electrons. The second-order valence-corrected chi connectivity index (χ2v) is 4.96. The van der Waals surface area contributed by atoms with Crippen LogP contribution in [-0.2, 0) is 4.74 Å². The van der Waals surface area contributed by atoms with Gasteiger partial charge in [0.05, 0.1) is 12.7 Å². The van der Waals surface area contributed by atoms with Crippen LogP contribution in [0.2, 0.25) is 0 Å². The molecule has 0 aliphatic heterocycles. The number of hydrogen-bond donors (Lipinski definition) is 1. The lowest BCUT2D eigenvalue weighted by Crippen LogP contribution is -2.35. The van der Waals surface area contributed by atoms with E-state index >= 15 is 0 Å². The predicted octanol–water partition coefficient (Wildman–Crippen LogP) is 3.38. The average Bonchev–Trinajstić information content (AvgIpc) is 2.47. The van der Waals surface area contributed by atoms with Crippen molar-refractivity contribution in [2.75, 3.05) is 25.2 Å². The van der Waals surface area contributed by atoms with Gasteiger partial charge in [0.15, 0.2) is 0 Å². The zero-order valence-electron chi connectivity index (χ0n) is 12.6. The number of nitrogens with zero attached hydrogens (tertiary/aromatic N) is 1. The molecule has 0 heterocycles. The minimum Gasteiger partial charge on any atom is -0.388 e. The van der Waals surface area contributed by atoms with E-state index in [-0.39, 0.29) is 6.10 Å². The van der Waals surface area contributed by atoms with Gasteiger partial charge in [0.2, 0.25) is 0 Å². The minimum atomic E-state index is -0.356. The first kappa shape index (κ1) is 16.0. The van der Waals surface area contributed by atoms with Crippen LogP contribution in [-0.4, -0.2) is 31.4 Å². The van der Waals surface area contributed by atoms with Crippen LogP contribution in [0.4, 0.5) is 5.69 Å². The highest BCUT2D eigenvalue weighted by Crippen LogP contribution is 2.23. The SMILES string of the molecule is CCC(C)N(CCOC)c1ccc([C@H](O)CC)cc1. The highest BCUT2D eigenvalue weighted by atomic mass is 16.5. The van der Waals surface area contributed by atoms with Crippen LogP contribution in [0.25, 0.3) is 0 Å². The van der Waals surface area contributed by atoms with Gasteiger partial charge in [0.1, 0.15) is 0 Å². The Balaban J connectivity index is 2.84. The van der Waals surface area contributed by atoms with Gasteiger partial charge in [-0.2, -0.15) is 0 Å². The van der Waals surface area contributed by atoms with Gasteiger partial charge < -0.3 is 14.7 Å². The summed E-state index contributed by atoms with van der Waals surface area (Å²) in [4.78, 5) is 2.35. The number of anilines is 1. The molecular formula is C16H27NO2. The first-order valence-corrected chi connectivity index (χ1v) is 7.17. The van der Waals surface area contributed by atoms with Crippen LogP contribution in [0.1, 0.15) is 45.3 Å². The summed E-state index contributed by atoms with van der Waals surface area (Å²) in [6, 6.07) is 8.71. The number of hydrogen-bond acceptors (Lipinski definition) is 3. The van der Waals surface area contributed by atoms with E-state index in [0.29, 0.717) is 6.04 Å². The zero-order chi connectivity index (χ0) is 14.3. The Labute approximate surface area is 117 Å². The smallest absolute Gasteiger partial charge is 0.0787 e. The Morgan fingerprint density at radius 1 is 1.16 bits per heavy atom. The number of methoxy groups -OCH3 is 1. The van der Waals surface area contributed by atoms with E-state index in [2.05, 4.69) is 30.9 Å². The van der Waals surface area contributed by atoms with Crippen molar-refractivity contribution < 1.29 is 9.84 Å². The average molecular weight is 265 g/mol. The largest absolute Gasteiger partial charge is 0.388 e. The van der Waals surface area contributed by atoms with Gasteiger partial charge in [-0.15, -0.1) is 0 Å². The van der Waals surface area contributed by atoms with E-state index in [1.165, 1.54) is 5.69 Å². The topological polar surface area (TPSA) is 32.7 Å². The molecule has 2 atom stereocenters. The van der Waals surface area contributed by atoms with Gasteiger partial charge in [-0.25, -0.2) is 0 Å². The van der Waals surface area contributed by atoms with Crippen molar-refractivity contribution >= 4 is 5.69 Å². The molecule has 0 aromatic heterocycles. The van der Waals surface area contributed by atoms with Gasteiger partial charge in [0.25, 0.3) is 0 Å². The first-order valence-electron chi connectivity index (χ1n) is 7.17. The van der Waals surface area contributed by atoms with E-state index in [0.717, 1.165) is 31.6 Å². The third-order valence-corrected chi connectivity index (χ3v) is 3.66. The second-order valence-electron chi connectivity index (χ2n) is 4.96. The molecule has 0 fully saturated rings. The van der Waals surface area contributed by atoms with Crippen LogP contribution in [0.3, 0.4) is 0 Å². The van der Waals surface area contributed by atoms with Crippen LogP contribution < -0.4 is 4.90 Å². The molecule has 0 amide bonds. The molecule has 1 unspecified atom stereocenters. The summed E-state index contributed by atoms with van der Waals surface area (Å²) in [5.74, 6) is 0. The summed E-state index contributed by atoms with van der Waals surface area (Å²) in [7, 11) is 1.73. The van der Waals surface area contributed by atoms with E-state index in [4.69, 9.17) is 4.74 Å². The molecular weight excluding hydrogens is 238 g/mol. The maximum Gasteiger partial charge on any atom is 0.0787 e. The number of aliphatic hydroxyl groups excluding tert-OH is 1. The summed E-state index contributed by atoms with van der Waals surface area (Å²) < 4.78 is 5.19. The van der Waals surface area contributed by atoms with Crippen LogP contribution in [0.15, 0.2) is 24.3 Å². The molecule has 1 aromatic carbocycles. The normalized spacial score (nSPS) is 14.2. The van der Waals surface area contributed by atoms with Crippen LogP contribution >= 0.6 is 0 Å².